The maximum atomic E-state index is 11.8. The third-order valence-electron chi connectivity index (χ3n) is 3.15. The maximum absolute atomic E-state index is 11.8. The summed E-state index contributed by atoms with van der Waals surface area (Å²) in [5.74, 6) is 0.225. The smallest absolute Gasteiger partial charge is 0.319 e. The topological polar surface area (TPSA) is 74.2 Å². The number of nitrogens with zero attached hydrogens (tertiary/aromatic N) is 1. The molecule has 0 saturated carbocycles. The van der Waals surface area contributed by atoms with Crippen molar-refractivity contribution in [3.63, 3.8) is 0 Å². The van der Waals surface area contributed by atoms with Crippen molar-refractivity contribution in [2.75, 3.05) is 5.32 Å². The molecule has 0 aliphatic carbocycles. The molecule has 0 spiro atoms. The SMILES string of the molecule is O=C(NCc1nc(-c2ccc(O)cc2)cs1)Nc1ccccc1. The summed E-state index contributed by atoms with van der Waals surface area (Å²) in [5, 5.41) is 17.6. The molecule has 0 aliphatic rings. The van der Waals surface area contributed by atoms with Gasteiger partial charge in [-0.05, 0) is 36.4 Å². The van der Waals surface area contributed by atoms with Gasteiger partial charge in [0.25, 0.3) is 0 Å². The van der Waals surface area contributed by atoms with Crippen LogP contribution in [0.2, 0.25) is 0 Å². The Balaban J connectivity index is 1.57. The quantitative estimate of drug-likeness (QED) is 0.682. The molecule has 2 amide bonds. The van der Waals surface area contributed by atoms with E-state index in [0.29, 0.717) is 6.54 Å². The van der Waals surface area contributed by atoms with Gasteiger partial charge in [0.1, 0.15) is 10.8 Å². The van der Waals surface area contributed by atoms with Crippen molar-refractivity contribution < 1.29 is 9.90 Å². The average Bonchev–Trinajstić information content (AvgIpc) is 3.04. The summed E-state index contributed by atoms with van der Waals surface area (Å²) < 4.78 is 0. The number of phenolic OH excluding ortho intramolecular Hbond substituents is 1. The van der Waals surface area contributed by atoms with Crippen LogP contribution in [0, 0.1) is 0 Å². The van der Waals surface area contributed by atoms with Gasteiger partial charge in [-0.3, -0.25) is 0 Å². The molecule has 0 fully saturated rings. The van der Waals surface area contributed by atoms with Gasteiger partial charge in [-0.15, -0.1) is 11.3 Å². The number of amides is 2. The summed E-state index contributed by atoms with van der Waals surface area (Å²) in [6.45, 7) is 0.363. The number of rotatable bonds is 4. The number of hydrogen-bond acceptors (Lipinski definition) is 4. The van der Waals surface area contributed by atoms with E-state index in [9.17, 15) is 9.90 Å². The molecule has 2 aromatic carbocycles. The van der Waals surface area contributed by atoms with Crippen LogP contribution in [-0.2, 0) is 6.54 Å². The van der Waals surface area contributed by atoms with Gasteiger partial charge in [0.05, 0.1) is 12.2 Å². The molecule has 0 atom stereocenters. The van der Waals surface area contributed by atoms with Crippen molar-refractivity contribution in [1.82, 2.24) is 10.3 Å². The highest BCUT2D eigenvalue weighted by atomic mass is 32.1. The fourth-order valence-electron chi connectivity index (χ4n) is 2.01. The van der Waals surface area contributed by atoms with Crippen molar-refractivity contribution in [1.29, 1.82) is 0 Å². The summed E-state index contributed by atoms with van der Waals surface area (Å²) in [4.78, 5) is 16.3. The van der Waals surface area contributed by atoms with Crippen LogP contribution in [0.4, 0.5) is 10.5 Å². The van der Waals surface area contributed by atoms with Gasteiger partial charge in [-0.2, -0.15) is 0 Å². The number of carbonyl (C=O) groups is 1. The average molecular weight is 325 g/mol. The molecule has 1 aromatic heterocycles. The lowest BCUT2D eigenvalue weighted by Crippen LogP contribution is -2.28. The first-order valence-corrected chi connectivity index (χ1v) is 7.92. The number of urea groups is 1. The van der Waals surface area contributed by atoms with E-state index in [1.165, 1.54) is 11.3 Å². The van der Waals surface area contributed by atoms with E-state index in [1.54, 1.807) is 12.1 Å². The highest BCUT2D eigenvalue weighted by Gasteiger charge is 2.06. The van der Waals surface area contributed by atoms with Crippen molar-refractivity contribution in [3.8, 4) is 17.0 Å². The largest absolute Gasteiger partial charge is 0.508 e. The van der Waals surface area contributed by atoms with E-state index in [0.717, 1.165) is 22.0 Å². The minimum Gasteiger partial charge on any atom is -0.508 e. The number of anilines is 1. The van der Waals surface area contributed by atoms with Crippen LogP contribution in [-0.4, -0.2) is 16.1 Å². The summed E-state index contributed by atoms with van der Waals surface area (Å²) in [7, 11) is 0. The molecule has 6 heteroatoms. The predicted octanol–water partition coefficient (Wildman–Crippen LogP) is 3.84. The Bertz CT molecular complexity index is 785. The zero-order chi connectivity index (χ0) is 16.1. The lowest BCUT2D eigenvalue weighted by atomic mass is 10.2. The minimum absolute atomic E-state index is 0.225. The van der Waals surface area contributed by atoms with E-state index < -0.39 is 0 Å². The molecular weight excluding hydrogens is 310 g/mol. The Morgan fingerprint density at radius 1 is 1.09 bits per heavy atom. The number of hydrogen-bond donors (Lipinski definition) is 3. The Kier molecular flexibility index (Phi) is 4.54. The summed E-state index contributed by atoms with van der Waals surface area (Å²) in [5.41, 5.74) is 2.50. The van der Waals surface area contributed by atoms with Crippen LogP contribution in [0.15, 0.2) is 60.0 Å². The van der Waals surface area contributed by atoms with E-state index in [1.807, 2.05) is 47.8 Å². The molecule has 3 N–H and O–H groups in total. The lowest BCUT2D eigenvalue weighted by molar-refractivity contribution is 0.251. The van der Waals surface area contributed by atoms with E-state index in [4.69, 9.17) is 0 Å². The molecule has 0 radical (unpaired) electrons. The summed E-state index contributed by atoms with van der Waals surface area (Å²) in [6, 6.07) is 15.9. The number of benzene rings is 2. The molecule has 0 bridgehead atoms. The second-order valence-corrected chi connectivity index (χ2v) is 5.79. The minimum atomic E-state index is -0.266. The molecular formula is C17H15N3O2S. The van der Waals surface area contributed by atoms with Crippen LogP contribution in [0.5, 0.6) is 5.75 Å². The zero-order valence-electron chi connectivity index (χ0n) is 12.2. The van der Waals surface area contributed by atoms with Crippen molar-refractivity contribution in [2.45, 2.75) is 6.54 Å². The van der Waals surface area contributed by atoms with Crippen LogP contribution >= 0.6 is 11.3 Å². The van der Waals surface area contributed by atoms with Crippen molar-refractivity contribution in [2.24, 2.45) is 0 Å². The van der Waals surface area contributed by atoms with Crippen molar-refractivity contribution in [3.05, 3.63) is 65.0 Å². The van der Waals surface area contributed by atoms with Crippen molar-refractivity contribution >= 4 is 23.1 Å². The first kappa shape index (κ1) is 15.1. The Morgan fingerprint density at radius 3 is 2.57 bits per heavy atom. The van der Waals surface area contributed by atoms with Gasteiger partial charge in [0, 0.05) is 16.6 Å². The van der Waals surface area contributed by atoms with E-state index in [2.05, 4.69) is 15.6 Å². The highest BCUT2D eigenvalue weighted by Crippen LogP contribution is 2.23. The predicted molar refractivity (Wildman–Crippen MR) is 91.5 cm³/mol. The molecule has 0 unspecified atom stereocenters. The standard InChI is InChI=1S/C17H15N3O2S/c21-14-8-6-12(7-9-14)15-11-23-16(20-15)10-18-17(22)19-13-4-2-1-3-5-13/h1-9,11,21H,10H2,(H2,18,19,22). The van der Waals surface area contributed by atoms with Gasteiger partial charge in [0.15, 0.2) is 0 Å². The normalized spacial score (nSPS) is 10.3. The van der Waals surface area contributed by atoms with E-state index in [-0.39, 0.29) is 11.8 Å². The Labute approximate surface area is 137 Å². The van der Waals surface area contributed by atoms with Crippen LogP contribution < -0.4 is 10.6 Å². The molecule has 1 heterocycles. The number of aromatic hydroxyl groups is 1. The van der Waals surface area contributed by atoms with Gasteiger partial charge in [0.2, 0.25) is 0 Å². The number of para-hydroxylation sites is 1. The van der Waals surface area contributed by atoms with Gasteiger partial charge in [-0.1, -0.05) is 18.2 Å². The zero-order valence-corrected chi connectivity index (χ0v) is 13.0. The van der Waals surface area contributed by atoms with Crippen LogP contribution in [0.25, 0.3) is 11.3 Å². The van der Waals surface area contributed by atoms with Crippen LogP contribution in [0.1, 0.15) is 5.01 Å². The Morgan fingerprint density at radius 2 is 1.83 bits per heavy atom. The third-order valence-corrected chi connectivity index (χ3v) is 4.00. The van der Waals surface area contributed by atoms with Crippen LogP contribution in [0.3, 0.4) is 0 Å². The molecule has 3 aromatic rings. The lowest BCUT2D eigenvalue weighted by Gasteiger charge is -2.05. The number of nitrogens with one attached hydrogen (secondary N) is 2. The summed E-state index contributed by atoms with van der Waals surface area (Å²) in [6.07, 6.45) is 0. The fourth-order valence-corrected chi connectivity index (χ4v) is 2.75. The molecule has 5 nitrogen and oxygen atoms in total. The molecule has 23 heavy (non-hydrogen) atoms. The fraction of sp³-hybridized carbons (Fsp3) is 0.0588. The van der Waals surface area contributed by atoms with Gasteiger partial charge < -0.3 is 15.7 Å². The molecule has 3 rings (SSSR count). The Hall–Kier alpha value is -2.86. The number of phenols is 1. The second-order valence-electron chi connectivity index (χ2n) is 4.85. The second kappa shape index (κ2) is 6.93. The van der Waals surface area contributed by atoms with E-state index >= 15 is 0 Å². The highest BCUT2D eigenvalue weighted by molar-refractivity contribution is 7.09. The van der Waals surface area contributed by atoms with Gasteiger partial charge in [-0.25, -0.2) is 9.78 Å². The summed E-state index contributed by atoms with van der Waals surface area (Å²) >= 11 is 1.48. The maximum Gasteiger partial charge on any atom is 0.319 e. The number of aromatic nitrogens is 1. The van der Waals surface area contributed by atoms with Gasteiger partial charge >= 0.3 is 6.03 Å². The number of thiazole rings is 1. The molecule has 0 saturated heterocycles. The molecule has 0 aliphatic heterocycles. The first-order chi connectivity index (χ1) is 11.2. The first-order valence-electron chi connectivity index (χ1n) is 7.04. The monoisotopic (exact) mass is 325 g/mol. The molecule has 116 valence electrons. The number of carbonyl (C=O) groups excluding carboxylic acids is 1. The third kappa shape index (κ3) is 4.08.